The van der Waals surface area contributed by atoms with Gasteiger partial charge in [-0.1, -0.05) is 146 Å². The Balaban J connectivity index is 1.22. The van der Waals surface area contributed by atoms with Gasteiger partial charge < -0.3 is 4.57 Å². The van der Waals surface area contributed by atoms with Gasteiger partial charge in [0.1, 0.15) is 4.83 Å². The van der Waals surface area contributed by atoms with Crippen LogP contribution in [0.1, 0.15) is 0 Å². The highest BCUT2D eigenvalue weighted by Gasteiger charge is 2.22. The van der Waals surface area contributed by atoms with E-state index in [0.29, 0.717) is 23.3 Å². The Labute approximate surface area is 326 Å². The number of nitrogens with zero attached hydrogens (tertiary/aromatic N) is 6. The molecular weight excluding hydrogens is 705 g/mol. The van der Waals surface area contributed by atoms with Crippen molar-refractivity contribution in [1.82, 2.24) is 29.5 Å². The summed E-state index contributed by atoms with van der Waals surface area (Å²) in [6, 6.07) is 62.6. The molecule has 0 radical (unpaired) electrons. The molecule has 0 aliphatic rings. The van der Waals surface area contributed by atoms with Crippen LogP contribution in [0.2, 0.25) is 0 Å². The molecule has 0 N–H and O–H groups in total. The largest absolute Gasteiger partial charge is 0.309 e. The molecule has 0 saturated carbocycles. The van der Waals surface area contributed by atoms with Crippen LogP contribution in [-0.2, 0) is 0 Å². The number of thiophene rings is 1. The Hall–Kier alpha value is -7.35. The Morgan fingerprint density at radius 1 is 0.375 bits per heavy atom. The zero-order valence-corrected chi connectivity index (χ0v) is 30.7. The van der Waals surface area contributed by atoms with Crippen LogP contribution in [0.3, 0.4) is 0 Å². The van der Waals surface area contributed by atoms with E-state index >= 15 is 0 Å². The predicted molar refractivity (Wildman–Crippen MR) is 230 cm³/mol. The molecule has 0 aliphatic carbocycles. The molecule has 0 saturated heterocycles. The third kappa shape index (κ3) is 5.36. The summed E-state index contributed by atoms with van der Waals surface area (Å²) in [6.45, 7) is 0. The van der Waals surface area contributed by atoms with Crippen LogP contribution < -0.4 is 0 Å². The summed E-state index contributed by atoms with van der Waals surface area (Å²) in [5.74, 6) is 2.39. The first-order valence-electron chi connectivity index (χ1n) is 18.5. The zero-order chi connectivity index (χ0) is 37.0. The molecule has 0 aliphatic heterocycles. The maximum absolute atomic E-state index is 5.36. The number of benzene rings is 7. The summed E-state index contributed by atoms with van der Waals surface area (Å²) >= 11 is 1.69. The van der Waals surface area contributed by atoms with E-state index in [4.69, 9.17) is 24.9 Å². The maximum atomic E-state index is 5.36. The van der Waals surface area contributed by atoms with Gasteiger partial charge in [-0.2, -0.15) is 0 Å². The molecular formula is C49H30N6S. The SMILES string of the molecule is c1ccc(-c2nc(-c3ccccc3)nc(-c3cc(-c4nc(-c5ccccc5)c5c(n4)sc4ccccc45)ccc3-n3c4ccccc4c4ccccc43)n2)cc1. The van der Waals surface area contributed by atoms with Crippen molar-refractivity contribution >= 4 is 53.4 Å². The number of aromatic nitrogens is 6. The van der Waals surface area contributed by atoms with E-state index in [0.717, 1.165) is 65.8 Å². The molecule has 11 aromatic rings. The summed E-state index contributed by atoms with van der Waals surface area (Å²) in [4.78, 5) is 27.1. The van der Waals surface area contributed by atoms with Crippen molar-refractivity contribution in [2.24, 2.45) is 0 Å². The summed E-state index contributed by atoms with van der Waals surface area (Å²) in [7, 11) is 0. The average Bonchev–Trinajstić information content (AvgIpc) is 3.82. The summed E-state index contributed by atoms with van der Waals surface area (Å²) in [5, 5.41) is 4.58. The van der Waals surface area contributed by atoms with Crippen molar-refractivity contribution in [3.05, 3.63) is 182 Å². The standard InChI is InChI=1S/C49H30N6S/c1-4-16-31(17-5-1)44-43-37-24-12-15-27-42(37)56-49(43)54-47(50-44)34-28-29-41(55-39-25-13-10-22-35(39)36-23-11-14-26-40(36)55)38(30-34)48-52-45(32-18-6-2-7-19-32)51-46(53-48)33-20-8-3-9-21-33/h1-30H. The third-order valence-corrected chi connectivity index (χ3v) is 11.4. The first-order valence-corrected chi connectivity index (χ1v) is 19.3. The molecule has 4 aromatic heterocycles. The van der Waals surface area contributed by atoms with Crippen molar-refractivity contribution in [3.8, 4) is 62.5 Å². The molecule has 0 bridgehead atoms. The highest BCUT2D eigenvalue weighted by atomic mass is 32.1. The lowest BCUT2D eigenvalue weighted by molar-refractivity contribution is 1.06. The van der Waals surface area contributed by atoms with Crippen LogP contribution >= 0.6 is 11.3 Å². The maximum Gasteiger partial charge on any atom is 0.166 e. The van der Waals surface area contributed by atoms with Crippen LogP contribution in [-0.4, -0.2) is 29.5 Å². The van der Waals surface area contributed by atoms with E-state index in [1.165, 1.54) is 15.5 Å². The number of hydrogen-bond donors (Lipinski definition) is 0. The lowest BCUT2D eigenvalue weighted by atomic mass is 10.0. The Morgan fingerprint density at radius 3 is 1.50 bits per heavy atom. The number of fused-ring (bicyclic) bond motifs is 6. The molecule has 7 aromatic carbocycles. The topological polar surface area (TPSA) is 69.4 Å². The molecule has 56 heavy (non-hydrogen) atoms. The van der Waals surface area contributed by atoms with Crippen LogP contribution in [0.25, 0.3) is 105 Å². The van der Waals surface area contributed by atoms with E-state index in [1.54, 1.807) is 11.3 Å². The van der Waals surface area contributed by atoms with Crippen LogP contribution in [0, 0.1) is 0 Å². The van der Waals surface area contributed by atoms with E-state index in [9.17, 15) is 0 Å². The first-order chi connectivity index (χ1) is 27.8. The molecule has 4 heterocycles. The van der Waals surface area contributed by atoms with Crippen molar-refractivity contribution in [2.75, 3.05) is 0 Å². The highest BCUT2D eigenvalue weighted by Crippen LogP contribution is 2.41. The minimum Gasteiger partial charge on any atom is -0.309 e. The quantitative estimate of drug-likeness (QED) is 0.170. The molecule has 0 atom stereocenters. The van der Waals surface area contributed by atoms with Crippen molar-refractivity contribution < 1.29 is 0 Å². The second-order valence-electron chi connectivity index (χ2n) is 13.7. The number of para-hydroxylation sites is 2. The Kier molecular flexibility index (Phi) is 7.57. The minimum atomic E-state index is 0.558. The van der Waals surface area contributed by atoms with Gasteiger partial charge in [0.2, 0.25) is 0 Å². The lowest BCUT2D eigenvalue weighted by Gasteiger charge is -2.16. The van der Waals surface area contributed by atoms with Gasteiger partial charge in [-0.05, 0) is 36.4 Å². The second kappa shape index (κ2) is 13.2. The molecule has 0 amide bonds. The molecule has 262 valence electrons. The van der Waals surface area contributed by atoms with E-state index in [1.807, 2.05) is 66.7 Å². The van der Waals surface area contributed by atoms with Crippen LogP contribution in [0.4, 0.5) is 0 Å². The van der Waals surface area contributed by atoms with E-state index in [2.05, 4.69) is 120 Å². The number of hydrogen-bond acceptors (Lipinski definition) is 6. The molecule has 7 heteroatoms. The lowest BCUT2D eigenvalue weighted by Crippen LogP contribution is -2.04. The molecule has 6 nitrogen and oxygen atoms in total. The third-order valence-electron chi connectivity index (χ3n) is 10.3. The zero-order valence-electron chi connectivity index (χ0n) is 29.9. The van der Waals surface area contributed by atoms with Crippen molar-refractivity contribution in [1.29, 1.82) is 0 Å². The van der Waals surface area contributed by atoms with Gasteiger partial charge >= 0.3 is 0 Å². The van der Waals surface area contributed by atoms with Gasteiger partial charge in [-0.15, -0.1) is 11.3 Å². The molecule has 0 fully saturated rings. The van der Waals surface area contributed by atoms with Gasteiger partial charge in [-0.3, -0.25) is 0 Å². The van der Waals surface area contributed by atoms with Gasteiger partial charge in [0.25, 0.3) is 0 Å². The summed E-state index contributed by atoms with van der Waals surface area (Å²) in [5.41, 5.74) is 8.62. The average molecular weight is 735 g/mol. The fourth-order valence-electron chi connectivity index (χ4n) is 7.72. The fourth-order valence-corrected chi connectivity index (χ4v) is 8.79. The van der Waals surface area contributed by atoms with Gasteiger partial charge in [0.05, 0.1) is 22.4 Å². The smallest absolute Gasteiger partial charge is 0.166 e. The predicted octanol–water partition coefficient (Wildman–Crippen LogP) is 12.5. The van der Waals surface area contributed by atoms with Crippen LogP contribution in [0.15, 0.2) is 182 Å². The normalized spacial score (nSPS) is 11.6. The monoisotopic (exact) mass is 734 g/mol. The van der Waals surface area contributed by atoms with Gasteiger partial charge in [0.15, 0.2) is 23.3 Å². The van der Waals surface area contributed by atoms with E-state index in [-0.39, 0.29) is 0 Å². The van der Waals surface area contributed by atoms with Gasteiger partial charge in [0, 0.05) is 54.1 Å². The Morgan fingerprint density at radius 2 is 0.875 bits per heavy atom. The first kappa shape index (κ1) is 32.1. The highest BCUT2D eigenvalue weighted by molar-refractivity contribution is 7.25. The molecule has 0 spiro atoms. The van der Waals surface area contributed by atoms with Crippen molar-refractivity contribution in [3.63, 3.8) is 0 Å². The molecule has 11 rings (SSSR count). The summed E-state index contributed by atoms with van der Waals surface area (Å²) < 4.78 is 3.50. The van der Waals surface area contributed by atoms with Crippen molar-refractivity contribution in [2.45, 2.75) is 0 Å². The minimum absolute atomic E-state index is 0.558. The fraction of sp³-hybridized carbons (Fsp3) is 0. The van der Waals surface area contributed by atoms with Crippen LogP contribution in [0.5, 0.6) is 0 Å². The van der Waals surface area contributed by atoms with E-state index < -0.39 is 0 Å². The number of rotatable bonds is 6. The Bertz CT molecular complexity index is 3140. The second-order valence-corrected chi connectivity index (χ2v) is 14.7. The molecule has 0 unspecified atom stereocenters. The van der Waals surface area contributed by atoms with Gasteiger partial charge in [-0.25, -0.2) is 24.9 Å². The summed E-state index contributed by atoms with van der Waals surface area (Å²) in [6.07, 6.45) is 0.